The van der Waals surface area contributed by atoms with Crippen LogP contribution in [0.3, 0.4) is 0 Å². The predicted molar refractivity (Wildman–Crippen MR) is 123 cm³/mol. The average molecular weight is 412 g/mol. The van der Waals surface area contributed by atoms with Crippen LogP contribution in [0.4, 0.5) is 0 Å². The van der Waals surface area contributed by atoms with Gasteiger partial charge in [-0.2, -0.15) is 0 Å². The number of carbonyl (C=O) groups is 1. The molecule has 0 amide bonds. The van der Waals surface area contributed by atoms with E-state index in [4.69, 9.17) is 4.98 Å². The number of rotatable bonds is 7. The van der Waals surface area contributed by atoms with Crippen LogP contribution in [-0.4, -0.2) is 20.6 Å². The van der Waals surface area contributed by atoms with Crippen molar-refractivity contribution in [3.05, 3.63) is 100.0 Å². The Hall–Kier alpha value is -3.73. The van der Waals surface area contributed by atoms with Crippen molar-refractivity contribution in [3.63, 3.8) is 0 Å². The van der Waals surface area contributed by atoms with Gasteiger partial charge in [0, 0.05) is 13.0 Å². The van der Waals surface area contributed by atoms with Crippen molar-refractivity contribution in [1.29, 1.82) is 0 Å². The molecule has 0 aliphatic rings. The summed E-state index contributed by atoms with van der Waals surface area (Å²) in [5.74, 6) is -0.123. The van der Waals surface area contributed by atoms with Crippen molar-refractivity contribution in [2.75, 3.05) is 0 Å². The number of hydrogen-bond donors (Lipinski definition) is 1. The van der Waals surface area contributed by atoms with Gasteiger partial charge < -0.3 is 9.67 Å². The lowest BCUT2D eigenvalue weighted by Gasteiger charge is -2.12. The van der Waals surface area contributed by atoms with Gasteiger partial charge >= 0.3 is 5.97 Å². The number of fused-ring (bicyclic) bond motifs is 1. The van der Waals surface area contributed by atoms with Crippen LogP contribution >= 0.6 is 0 Å². The van der Waals surface area contributed by atoms with E-state index in [1.807, 2.05) is 59.2 Å². The smallest absolute Gasteiger partial charge is 0.336 e. The molecule has 3 aromatic carbocycles. The van der Waals surface area contributed by atoms with Crippen LogP contribution in [0, 0.1) is 0 Å². The molecule has 0 saturated heterocycles. The van der Waals surface area contributed by atoms with Gasteiger partial charge in [0.05, 0.1) is 11.1 Å². The Labute approximate surface area is 180 Å². The zero-order valence-corrected chi connectivity index (χ0v) is 17.4. The third-order valence-electron chi connectivity index (χ3n) is 5.41. The van der Waals surface area contributed by atoms with Gasteiger partial charge in [0.1, 0.15) is 11.3 Å². The van der Waals surface area contributed by atoms with Crippen LogP contribution in [0.2, 0.25) is 0 Å². The van der Waals surface area contributed by atoms with Crippen LogP contribution in [0.25, 0.3) is 22.2 Å². The van der Waals surface area contributed by atoms with Gasteiger partial charge in [0.25, 0.3) is 0 Å². The monoisotopic (exact) mass is 412 g/mol. The highest BCUT2D eigenvalue weighted by atomic mass is 16.4. The molecule has 0 aliphatic heterocycles. The second kappa shape index (κ2) is 8.96. The fourth-order valence-electron chi connectivity index (χ4n) is 3.88. The molecule has 0 aliphatic carbocycles. The normalized spacial score (nSPS) is 11.0. The van der Waals surface area contributed by atoms with Gasteiger partial charge in [0.15, 0.2) is 0 Å². The van der Waals surface area contributed by atoms with Gasteiger partial charge in [-0.15, -0.1) is 0 Å². The molecular weight excluding hydrogens is 388 g/mol. The summed E-state index contributed by atoms with van der Waals surface area (Å²) in [7, 11) is 0. The number of carboxylic acid groups (broad SMARTS) is 1. The van der Waals surface area contributed by atoms with Gasteiger partial charge in [-0.05, 0) is 41.3 Å². The van der Waals surface area contributed by atoms with E-state index in [9.17, 15) is 14.7 Å². The Kier molecular flexibility index (Phi) is 5.94. The first-order valence-corrected chi connectivity index (χ1v) is 10.5. The average Bonchev–Trinajstić information content (AvgIpc) is 3.01. The molecule has 0 unspecified atom stereocenters. The van der Waals surface area contributed by atoms with Crippen molar-refractivity contribution < 1.29 is 9.90 Å². The lowest BCUT2D eigenvalue weighted by molar-refractivity contribution is 0.0697. The summed E-state index contributed by atoms with van der Waals surface area (Å²) in [6.07, 6.45) is 2.76. The number of unbranched alkanes of at least 4 members (excludes halogenated alkanes) is 1. The third-order valence-corrected chi connectivity index (χ3v) is 5.41. The van der Waals surface area contributed by atoms with Crippen molar-refractivity contribution in [2.24, 2.45) is 0 Å². The minimum Gasteiger partial charge on any atom is -0.478 e. The first-order chi connectivity index (χ1) is 15.1. The van der Waals surface area contributed by atoms with Gasteiger partial charge in [-0.25, -0.2) is 9.78 Å². The summed E-state index contributed by atoms with van der Waals surface area (Å²) in [5, 5.41) is 9.83. The van der Waals surface area contributed by atoms with Gasteiger partial charge in [-0.1, -0.05) is 67.9 Å². The zero-order chi connectivity index (χ0) is 21.8. The van der Waals surface area contributed by atoms with Crippen LogP contribution in [0.15, 0.2) is 77.6 Å². The van der Waals surface area contributed by atoms with Crippen LogP contribution in [0.5, 0.6) is 0 Å². The molecule has 0 bridgehead atoms. The summed E-state index contributed by atoms with van der Waals surface area (Å²) in [4.78, 5) is 29.4. The van der Waals surface area contributed by atoms with E-state index in [1.54, 1.807) is 18.2 Å². The van der Waals surface area contributed by atoms with E-state index in [0.29, 0.717) is 23.1 Å². The topological polar surface area (TPSA) is 72.2 Å². The summed E-state index contributed by atoms with van der Waals surface area (Å²) in [5.41, 5.74) is 3.73. The number of aromatic nitrogens is 2. The maximum atomic E-state index is 12.7. The molecule has 4 aromatic rings. The molecule has 1 aromatic heterocycles. The predicted octanol–water partition coefficient (Wildman–Crippen LogP) is 5.15. The fraction of sp³-hybridized carbons (Fsp3) is 0.192. The molecule has 5 nitrogen and oxygen atoms in total. The van der Waals surface area contributed by atoms with Crippen molar-refractivity contribution in [3.8, 4) is 11.1 Å². The molecule has 1 heterocycles. The second-order valence-corrected chi connectivity index (χ2v) is 7.59. The Bertz CT molecular complexity index is 1290. The van der Waals surface area contributed by atoms with Crippen LogP contribution in [-0.2, 0) is 13.0 Å². The molecule has 0 saturated carbocycles. The number of aryl methyl sites for hydroxylation is 1. The Morgan fingerprint density at radius 3 is 2.48 bits per heavy atom. The van der Waals surface area contributed by atoms with E-state index in [-0.39, 0.29) is 11.0 Å². The van der Waals surface area contributed by atoms with E-state index in [1.165, 1.54) is 0 Å². The molecule has 0 spiro atoms. The summed E-state index contributed by atoms with van der Waals surface area (Å²) in [6, 6.07) is 21.9. The fourth-order valence-corrected chi connectivity index (χ4v) is 3.88. The Morgan fingerprint density at radius 2 is 1.74 bits per heavy atom. The number of hydrogen-bond acceptors (Lipinski definition) is 3. The number of imidazole rings is 1. The molecule has 0 atom stereocenters. The van der Waals surface area contributed by atoms with E-state index in [2.05, 4.69) is 6.92 Å². The summed E-state index contributed by atoms with van der Waals surface area (Å²) in [6.45, 7) is 2.51. The van der Waals surface area contributed by atoms with E-state index in [0.717, 1.165) is 36.2 Å². The first-order valence-electron chi connectivity index (χ1n) is 10.5. The highest BCUT2D eigenvalue weighted by Gasteiger charge is 2.16. The quantitative estimate of drug-likeness (QED) is 0.455. The number of aromatic carboxylic acids is 1. The third kappa shape index (κ3) is 4.26. The molecule has 0 fully saturated rings. The minimum atomic E-state index is -0.974. The van der Waals surface area contributed by atoms with E-state index < -0.39 is 5.97 Å². The molecule has 4 rings (SSSR count). The van der Waals surface area contributed by atoms with Gasteiger partial charge in [-0.3, -0.25) is 4.79 Å². The first kappa shape index (κ1) is 20.5. The summed E-state index contributed by atoms with van der Waals surface area (Å²) >= 11 is 0. The van der Waals surface area contributed by atoms with Crippen LogP contribution < -0.4 is 5.43 Å². The zero-order valence-electron chi connectivity index (χ0n) is 17.4. The minimum absolute atomic E-state index is 0.0883. The Morgan fingerprint density at radius 1 is 1.00 bits per heavy atom. The number of benzene rings is 2. The highest BCUT2D eigenvalue weighted by Crippen LogP contribution is 2.26. The van der Waals surface area contributed by atoms with Crippen molar-refractivity contribution >= 4 is 17.0 Å². The molecule has 1 N–H and O–H groups in total. The van der Waals surface area contributed by atoms with E-state index >= 15 is 0 Å². The van der Waals surface area contributed by atoms with Crippen LogP contribution in [0.1, 0.15) is 41.5 Å². The molecule has 156 valence electrons. The van der Waals surface area contributed by atoms with Gasteiger partial charge in [0.2, 0.25) is 5.43 Å². The lowest BCUT2D eigenvalue weighted by Crippen LogP contribution is -2.11. The number of nitrogens with zero attached hydrogens (tertiary/aromatic N) is 2. The SMILES string of the molecule is CCCCc1nc2ccccc(=O)c2n1Cc1ccc(-c2ccccc2)c(C(=O)O)c1. The van der Waals surface area contributed by atoms with Crippen molar-refractivity contribution in [2.45, 2.75) is 32.7 Å². The maximum Gasteiger partial charge on any atom is 0.336 e. The molecule has 0 radical (unpaired) electrons. The highest BCUT2D eigenvalue weighted by molar-refractivity contribution is 5.96. The molecule has 5 heteroatoms. The largest absolute Gasteiger partial charge is 0.478 e. The second-order valence-electron chi connectivity index (χ2n) is 7.59. The number of carboxylic acids is 1. The standard InChI is InChI=1S/C26H24N2O3/c1-2-3-13-24-27-22-11-7-8-12-23(29)25(22)28(24)17-18-14-15-20(21(16-18)26(30)31)19-9-5-4-6-10-19/h4-12,14-16H,2-3,13,17H2,1H3,(H,30,31). The lowest BCUT2D eigenvalue weighted by atomic mass is 9.97. The van der Waals surface area contributed by atoms with Crippen molar-refractivity contribution in [1.82, 2.24) is 9.55 Å². The Balaban J connectivity index is 1.82. The summed E-state index contributed by atoms with van der Waals surface area (Å²) < 4.78 is 1.94. The maximum absolute atomic E-state index is 12.7. The molecule has 31 heavy (non-hydrogen) atoms. The molecular formula is C26H24N2O3.